The fourth-order valence-corrected chi connectivity index (χ4v) is 3.67. The summed E-state index contributed by atoms with van der Waals surface area (Å²) in [6.45, 7) is 2.20. The lowest BCUT2D eigenvalue weighted by atomic mass is 9.79. The third kappa shape index (κ3) is 4.80. The predicted molar refractivity (Wildman–Crippen MR) is 112 cm³/mol. The quantitative estimate of drug-likeness (QED) is 0.448. The van der Waals surface area contributed by atoms with E-state index in [0.29, 0.717) is 5.92 Å². The lowest BCUT2D eigenvalue weighted by Gasteiger charge is -2.24. The minimum absolute atomic E-state index is 0.190. The molecule has 0 aliphatic heterocycles. The Labute approximate surface area is 166 Å². The Bertz CT molecular complexity index is 747. The topological polar surface area (TPSA) is 17.1 Å². The number of allylic oxidation sites excluding steroid dienone is 2. The zero-order valence-electron chi connectivity index (χ0n) is 14.1. The van der Waals surface area contributed by atoms with E-state index in [4.69, 9.17) is 0 Å². The van der Waals surface area contributed by atoms with Gasteiger partial charge in [0.25, 0.3) is 0 Å². The molecule has 0 saturated heterocycles. The maximum absolute atomic E-state index is 13.0. The lowest BCUT2D eigenvalue weighted by molar-refractivity contribution is -0.113. The van der Waals surface area contributed by atoms with E-state index in [1.807, 2.05) is 60.7 Å². The maximum Gasteiger partial charge on any atom is 0.185 e. The second-order valence-corrected chi connectivity index (χ2v) is 8.29. The van der Waals surface area contributed by atoms with Crippen LogP contribution in [0.15, 0.2) is 68.6 Å². The molecule has 1 aliphatic rings. The lowest BCUT2D eigenvalue weighted by Crippen LogP contribution is -2.19. The number of carbonyl (C=O) groups excluding carboxylic acids is 1. The molecule has 3 rings (SSSR count). The van der Waals surface area contributed by atoms with E-state index in [0.717, 1.165) is 50.5 Å². The van der Waals surface area contributed by atoms with Crippen molar-refractivity contribution in [3.8, 4) is 0 Å². The van der Waals surface area contributed by atoms with Gasteiger partial charge >= 0.3 is 0 Å². The number of carbonyl (C=O) groups is 1. The minimum atomic E-state index is 0.190. The van der Waals surface area contributed by atoms with Gasteiger partial charge in [0.2, 0.25) is 0 Å². The van der Waals surface area contributed by atoms with Gasteiger partial charge in [0.1, 0.15) is 0 Å². The van der Waals surface area contributed by atoms with E-state index in [2.05, 4.69) is 38.8 Å². The van der Waals surface area contributed by atoms with Gasteiger partial charge in [-0.1, -0.05) is 69.5 Å². The zero-order valence-corrected chi connectivity index (χ0v) is 17.3. The number of ketones is 1. The van der Waals surface area contributed by atoms with E-state index < -0.39 is 0 Å². The van der Waals surface area contributed by atoms with Crippen molar-refractivity contribution < 1.29 is 4.79 Å². The van der Waals surface area contributed by atoms with Crippen LogP contribution < -0.4 is 0 Å². The molecule has 0 aromatic heterocycles. The van der Waals surface area contributed by atoms with Gasteiger partial charge in [-0.05, 0) is 66.3 Å². The van der Waals surface area contributed by atoms with Crippen molar-refractivity contribution in [3.63, 3.8) is 0 Å². The van der Waals surface area contributed by atoms with E-state index in [1.165, 1.54) is 0 Å². The Morgan fingerprint density at radius 2 is 1.24 bits per heavy atom. The normalized spacial score (nSPS) is 21.1. The maximum atomic E-state index is 13.0. The summed E-state index contributed by atoms with van der Waals surface area (Å²) in [6.07, 6.45) is 6.91. The molecule has 2 aromatic rings. The SMILES string of the molecule is CCC1C/C(=C/c2ccc(Br)cc2)C(=O)/C(=C\c2ccc(Br)cc2)C1. The van der Waals surface area contributed by atoms with Crippen molar-refractivity contribution in [1.82, 2.24) is 0 Å². The third-order valence-corrected chi connectivity index (χ3v) is 5.66. The van der Waals surface area contributed by atoms with E-state index in [9.17, 15) is 4.79 Å². The summed E-state index contributed by atoms with van der Waals surface area (Å²) in [5, 5.41) is 0. The Hall–Kier alpha value is -1.45. The van der Waals surface area contributed by atoms with Crippen LogP contribution in [0.3, 0.4) is 0 Å². The van der Waals surface area contributed by atoms with Crippen molar-refractivity contribution >= 4 is 49.8 Å². The number of Topliss-reactive ketones (excluding diaryl/α,β-unsaturated/α-hetero) is 1. The molecular formula is C22H20Br2O. The van der Waals surface area contributed by atoms with E-state index >= 15 is 0 Å². The number of benzene rings is 2. The molecule has 1 aliphatic carbocycles. The van der Waals surface area contributed by atoms with Gasteiger partial charge in [0.15, 0.2) is 5.78 Å². The first-order valence-corrected chi connectivity index (χ1v) is 10.1. The number of halogens is 2. The largest absolute Gasteiger partial charge is 0.289 e. The van der Waals surface area contributed by atoms with Crippen LogP contribution in [-0.2, 0) is 4.79 Å². The minimum Gasteiger partial charge on any atom is -0.289 e. The Kier molecular flexibility index (Phi) is 6.08. The highest BCUT2D eigenvalue weighted by Crippen LogP contribution is 2.34. The molecule has 0 atom stereocenters. The summed E-state index contributed by atoms with van der Waals surface area (Å²) in [5.41, 5.74) is 3.99. The molecule has 0 N–H and O–H groups in total. The molecule has 1 fully saturated rings. The van der Waals surface area contributed by atoms with Gasteiger partial charge in [-0.25, -0.2) is 0 Å². The second kappa shape index (κ2) is 8.29. The first-order chi connectivity index (χ1) is 12.0. The number of rotatable bonds is 3. The summed E-state index contributed by atoms with van der Waals surface area (Å²) in [6, 6.07) is 16.2. The Balaban J connectivity index is 1.93. The van der Waals surface area contributed by atoms with Gasteiger partial charge in [0.05, 0.1) is 0 Å². The average molecular weight is 460 g/mol. The highest BCUT2D eigenvalue weighted by Gasteiger charge is 2.26. The Morgan fingerprint density at radius 3 is 1.60 bits per heavy atom. The molecular weight excluding hydrogens is 440 g/mol. The van der Waals surface area contributed by atoms with Crippen molar-refractivity contribution in [2.45, 2.75) is 26.2 Å². The van der Waals surface area contributed by atoms with Gasteiger partial charge in [-0.2, -0.15) is 0 Å². The second-order valence-electron chi connectivity index (χ2n) is 6.45. The molecule has 128 valence electrons. The standard InChI is InChI=1S/C22H20Br2O/c1-2-15-11-18(13-16-3-7-20(23)8-4-16)22(25)19(12-15)14-17-5-9-21(24)10-6-17/h3-10,13-15H,2,11-12H2,1H3/b18-13-,19-14-. The van der Waals surface area contributed by atoms with Crippen molar-refractivity contribution in [3.05, 3.63) is 79.7 Å². The summed E-state index contributed by atoms with van der Waals surface area (Å²) < 4.78 is 2.10. The van der Waals surface area contributed by atoms with Crippen LogP contribution in [0.1, 0.15) is 37.3 Å². The van der Waals surface area contributed by atoms with Crippen molar-refractivity contribution in [1.29, 1.82) is 0 Å². The van der Waals surface area contributed by atoms with Crippen LogP contribution in [0, 0.1) is 5.92 Å². The van der Waals surface area contributed by atoms with E-state index in [-0.39, 0.29) is 5.78 Å². The van der Waals surface area contributed by atoms with Crippen LogP contribution in [0.25, 0.3) is 12.2 Å². The van der Waals surface area contributed by atoms with Gasteiger partial charge in [0, 0.05) is 20.1 Å². The molecule has 2 aromatic carbocycles. The average Bonchev–Trinajstić information content (AvgIpc) is 2.62. The molecule has 0 amide bonds. The van der Waals surface area contributed by atoms with Crippen LogP contribution >= 0.6 is 31.9 Å². The molecule has 0 unspecified atom stereocenters. The summed E-state index contributed by atoms with van der Waals surface area (Å²) in [5.74, 6) is 0.719. The third-order valence-electron chi connectivity index (χ3n) is 4.60. The first-order valence-electron chi connectivity index (χ1n) is 8.52. The predicted octanol–water partition coefficient (Wildman–Crippen LogP) is 7.07. The van der Waals surface area contributed by atoms with Gasteiger partial charge in [-0.15, -0.1) is 0 Å². The Morgan fingerprint density at radius 1 is 0.840 bits per heavy atom. The van der Waals surface area contributed by atoms with Crippen LogP contribution in [0.2, 0.25) is 0 Å². The van der Waals surface area contributed by atoms with Crippen LogP contribution in [-0.4, -0.2) is 5.78 Å². The summed E-state index contributed by atoms with van der Waals surface area (Å²) in [4.78, 5) is 13.0. The van der Waals surface area contributed by atoms with Gasteiger partial charge < -0.3 is 0 Å². The fourth-order valence-electron chi connectivity index (χ4n) is 3.14. The van der Waals surface area contributed by atoms with Crippen molar-refractivity contribution in [2.24, 2.45) is 5.92 Å². The zero-order chi connectivity index (χ0) is 17.8. The molecule has 25 heavy (non-hydrogen) atoms. The molecule has 1 saturated carbocycles. The summed E-state index contributed by atoms with van der Waals surface area (Å²) in [7, 11) is 0. The molecule has 3 heteroatoms. The van der Waals surface area contributed by atoms with Crippen LogP contribution in [0.5, 0.6) is 0 Å². The fraction of sp³-hybridized carbons (Fsp3) is 0.227. The van der Waals surface area contributed by atoms with E-state index in [1.54, 1.807) is 0 Å². The first kappa shape index (κ1) is 18.3. The highest BCUT2D eigenvalue weighted by molar-refractivity contribution is 9.10. The summed E-state index contributed by atoms with van der Waals surface area (Å²) >= 11 is 6.91. The van der Waals surface area contributed by atoms with Crippen molar-refractivity contribution in [2.75, 3.05) is 0 Å². The highest BCUT2D eigenvalue weighted by atomic mass is 79.9. The van der Waals surface area contributed by atoms with Gasteiger partial charge in [-0.3, -0.25) is 4.79 Å². The monoisotopic (exact) mass is 458 g/mol. The molecule has 0 bridgehead atoms. The molecule has 1 nitrogen and oxygen atoms in total. The smallest absolute Gasteiger partial charge is 0.185 e. The number of hydrogen-bond acceptors (Lipinski definition) is 1. The molecule has 0 heterocycles. The van der Waals surface area contributed by atoms with Crippen LogP contribution in [0.4, 0.5) is 0 Å². The molecule has 0 spiro atoms. The number of hydrogen-bond donors (Lipinski definition) is 0. The molecule has 0 radical (unpaired) electrons.